The van der Waals surface area contributed by atoms with Gasteiger partial charge in [0.25, 0.3) is 0 Å². The minimum absolute atomic E-state index is 0.240. The summed E-state index contributed by atoms with van der Waals surface area (Å²) in [6.45, 7) is 0.240. The van der Waals surface area contributed by atoms with Gasteiger partial charge >= 0.3 is 12.0 Å². The minimum Gasteiger partial charge on any atom is -0.480 e. The normalized spacial score (nSPS) is 17.5. The van der Waals surface area contributed by atoms with Crippen molar-refractivity contribution in [2.75, 3.05) is 0 Å². The highest BCUT2D eigenvalue weighted by atomic mass is 16.4. The first kappa shape index (κ1) is 15.2. The molecule has 7 heteroatoms. The quantitative estimate of drug-likeness (QED) is 0.729. The van der Waals surface area contributed by atoms with Crippen LogP contribution in [0.1, 0.15) is 44.2 Å². The molecule has 2 rings (SSSR count). The molecule has 1 aliphatic carbocycles. The Hall–Kier alpha value is -2.18. The first-order valence-corrected chi connectivity index (χ1v) is 7.17. The molecule has 114 valence electrons. The van der Waals surface area contributed by atoms with Crippen LogP contribution in [0.5, 0.6) is 0 Å². The molecule has 21 heavy (non-hydrogen) atoms. The largest absolute Gasteiger partial charge is 0.480 e. The summed E-state index contributed by atoms with van der Waals surface area (Å²) in [6, 6.07) is 1.22. The maximum Gasteiger partial charge on any atom is 0.329 e. The first-order valence-electron chi connectivity index (χ1n) is 7.17. The standard InChI is InChI=1S/C14H20N4O3/c19-12(20)14(6-3-1-2-4-7-14)18-13(21)16-9-11-5-8-15-10-17-11/h5,8,10H,1-4,6-7,9H2,(H,19,20)(H2,16,18,21). The topological polar surface area (TPSA) is 104 Å². The highest BCUT2D eigenvalue weighted by Gasteiger charge is 2.40. The molecule has 2 amide bonds. The average Bonchev–Trinajstić information content (AvgIpc) is 2.73. The third-order valence-electron chi connectivity index (χ3n) is 3.79. The molecule has 1 aliphatic rings. The van der Waals surface area contributed by atoms with Crippen LogP contribution >= 0.6 is 0 Å². The number of carbonyl (C=O) groups is 2. The van der Waals surface area contributed by atoms with E-state index >= 15 is 0 Å². The molecule has 1 aromatic heterocycles. The Bertz CT molecular complexity index is 484. The van der Waals surface area contributed by atoms with Gasteiger partial charge in [0.1, 0.15) is 11.9 Å². The lowest BCUT2D eigenvalue weighted by atomic mass is 9.90. The Morgan fingerprint density at radius 2 is 1.95 bits per heavy atom. The Morgan fingerprint density at radius 1 is 1.24 bits per heavy atom. The maximum atomic E-state index is 12.0. The van der Waals surface area contributed by atoms with E-state index in [0.717, 1.165) is 25.7 Å². The van der Waals surface area contributed by atoms with Crippen molar-refractivity contribution in [1.29, 1.82) is 0 Å². The third-order valence-corrected chi connectivity index (χ3v) is 3.79. The molecule has 1 saturated carbocycles. The number of rotatable bonds is 4. The van der Waals surface area contributed by atoms with Crippen molar-refractivity contribution in [2.45, 2.75) is 50.6 Å². The van der Waals surface area contributed by atoms with E-state index in [0.29, 0.717) is 18.5 Å². The molecule has 3 N–H and O–H groups in total. The molecule has 0 atom stereocenters. The smallest absolute Gasteiger partial charge is 0.329 e. The van der Waals surface area contributed by atoms with Crippen molar-refractivity contribution in [2.24, 2.45) is 0 Å². The van der Waals surface area contributed by atoms with Gasteiger partial charge < -0.3 is 15.7 Å². The van der Waals surface area contributed by atoms with E-state index in [1.54, 1.807) is 12.3 Å². The number of urea groups is 1. The Kier molecular flexibility index (Phi) is 5.08. The monoisotopic (exact) mass is 292 g/mol. The number of hydrogen-bond acceptors (Lipinski definition) is 4. The van der Waals surface area contributed by atoms with Gasteiger partial charge in [-0.2, -0.15) is 0 Å². The van der Waals surface area contributed by atoms with E-state index in [-0.39, 0.29) is 6.54 Å². The molecule has 0 saturated heterocycles. The van der Waals surface area contributed by atoms with Crippen molar-refractivity contribution in [3.63, 3.8) is 0 Å². The van der Waals surface area contributed by atoms with Crippen molar-refractivity contribution in [3.8, 4) is 0 Å². The maximum absolute atomic E-state index is 12.0. The van der Waals surface area contributed by atoms with Gasteiger partial charge in [-0.25, -0.2) is 19.6 Å². The Morgan fingerprint density at radius 3 is 2.52 bits per heavy atom. The first-order chi connectivity index (χ1) is 10.1. The van der Waals surface area contributed by atoms with Crippen molar-refractivity contribution >= 4 is 12.0 Å². The fourth-order valence-corrected chi connectivity index (χ4v) is 2.58. The van der Waals surface area contributed by atoms with Gasteiger partial charge in [-0.3, -0.25) is 0 Å². The lowest BCUT2D eigenvalue weighted by Crippen LogP contribution is -2.56. The number of aromatic nitrogens is 2. The minimum atomic E-state index is -1.15. The third kappa shape index (κ3) is 4.14. The number of carboxylic acids is 1. The van der Waals surface area contributed by atoms with Gasteiger partial charge in [-0.1, -0.05) is 25.7 Å². The van der Waals surface area contributed by atoms with Gasteiger partial charge in [0.05, 0.1) is 12.2 Å². The molecule has 0 radical (unpaired) electrons. The van der Waals surface area contributed by atoms with Crippen LogP contribution in [-0.2, 0) is 11.3 Å². The van der Waals surface area contributed by atoms with E-state index in [1.807, 2.05) is 0 Å². The highest BCUT2D eigenvalue weighted by molar-refractivity contribution is 5.86. The van der Waals surface area contributed by atoms with Gasteiger partial charge in [0.2, 0.25) is 0 Å². The Balaban J connectivity index is 1.93. The van der Waals surface area contributed by atoms with Crippen LogP contribution in [-0.4, -0.2) is 32.6 Å². The highest BCUT2D eigenvalue weighted by Crippen LogP contribution is 2.27. The zero-order valence-electron chi connectivity index (χ0n) is 11.8. The zero-order chi connectivity index (χ0) is 15.1. The van der Waals surface area contributed by atoms with Crippen LogP contribution in [0.15, 0.2) is 18.6 Å². The fourth-order valence-electron chi connectivity index (χ4n) is 2.58. The number of carbonyl (C=O) groups excluding carboxylic acids is 1. The summed E-state index contributed by atoms with van der Waals surface area (Å²) in [7, 11) is 0. The molecule has 0 unspecified atom stereocenters. The molecular weight excluding hydrogens is 272 g/mol. The van der Waals surface area contributed by atoms with E-state index in [2.05, 4.69) is 20.6 Å². The SMILES string of the molecule is O=C(NCc1ccncn1)NC1(C(=O)O)CCCCCC1. The molecule has 1 fully saturated rings. The molecule has 0 aromatic carbocycles. The van der Waals surface area contributed by atoms with Gasteiger partial charge in [-0.05, 0) is 18.9 Å². The second kappa shape index (κ2) is 7.01. The zero-order valence-corrected chi connectivity index (χ0v) is 11.8. The van der Waals surface area contributed by atoms with E-state index in [9.17, 15) is 14.7 Å². The van der Waals surface area contributed by atoms with Gasteiger partial charge in [0, 0.05) is 6.20 Å². The predicted octanol–water partition coefficient (Wildman–Crippen LogP) is 1.45. The predicted molar refractivity (Wildman–Crippen MR) is 75.5 cm³/mol. The van der Waals surface area contributed by atoms with Crippen molar-refractivity contribution < 1.29 is 14.7 Å². The fraction of sp³-hybridized carbons (Fsp3) is 0.571. The summed E-state index contributed by atoms with van der Waals surface area (Å²) in [6.07, 6.45) is 7.60. The van der Waals surface area contributed by atoms with Gasteiger partial charge in [0.15, 0.2) is 0 Å². The summed E-state index contributed by atoms with van der Waals surface area (Å²) in [5, 5.41) is 14.8. The number of hydrogen-bond donors (Lipinski definition) is 3. The summed E-state index contributed by atoms with van der Waals surface area (Å²) >= 11 is 0. The van der Waals surface area contributed by atoms with Gasteiger partial charge in [-0.15, -0.1) is 0 Å². The van der Waals surface area contributed by atoms with Crippen LogP contribution < -0.4 is 10.6 Å². The number of amides is 2. The number of nitrogens with one attached hydrogen (secondary N) is 2. The average molecular weight is 292 g/mol. The van der Waals surface area contributed by atoms with Crippen molar-refractivity contribution in [1.82, 2.24) is 20.6 Å². The summed E-state index contributed by atoms with van der Waals surface area (Å²) in [5.74, 6) is -0.957. The molecule has 1 heterocycles. The second-order valence-electron chi connectivity index (χ2n) is 5.31. The lowest BCUT2D eigenvalue weighted by Gasteiger charge is -2.29. The number of aliphatic carboxylic acids is 1. The molecule has 0 aliphatic heterocycles. The summed E-state index contributed by atoms with van der Waals surface area (Å²) in [4.78, 5) is 31.3. The van der Waals surface area contributed by atoms with Crippen LogP contribution in [0, 0.1) is 0 Å². The number of nitrogens with zero attached hydrogens (tertiary/aromatic N) is 2. The summed E-state index contributed by atoms with van der Waals surface area (Å²) < 4.78 is 0. The van der Waals surface area contributed by atoms with Crippen LogP contribution in [0.2, 0.25) is 0 Å². The molecule has 7 nitrogen and oxygen atoms in total. The Labute approximate surface area is 123 Å². The van der Waals surface area contributed by atoms with E-state index < -0.39 is 17.5 Å². The second-order valence-corrected chi connectivity index (χ2v) is 5.31. The lowest BCUT2D eigenvalue weighted by molar-refractivity contribution is -0.145. The molecular formula is C14H20N4O3. The molecule has 1 aromatic rings. The summed E-state index contributed by atoms with van der Waals surface area (Å²) in [5.41, 5.74) is -0.475. The van der Waals surface area contributed by atoms with E-state index in [1.165, 1.54) is 6.33 Å². The van der Waals surface area contributed by atoms with Crippen LogP contribution in [0.4, 0.5) is 4.79 Å². The molecule has 0 bridgehead atoms. The van der Waals surface area contributed by atoms with Crippen LogP contribution in [0.25, 0.3) is 0 Å². The molecule has 0 spiro atoms. The van der Waals surface area contributed by atoms with E-state index in [4.69, 9.17) is 0 Å². The van der Waals surface area contributed by atoms with Crippen molar-refractivity contribution in [3.05, 3.63) is 24.3 Å². The number of carboxylic acid groups (broad SMARTS) is 1. The van der Waals surface area contributed by atoms with Crippen LogP contribution in [0.3, 0.4) is 0 Å².